The minimum absolute atomic E-state index is 0.308. The summed E-state index contributed by atoms with van der Waals surface area (Å²) in [6, 6.07) is 12.8. The molecule has 21 heavy (non-hydrogen) atoms. The van der Waals surface area contributed by atoms with E-state index in [9.17, 15) is 4.79 Å². The van der Waals surface area contributed by atoms with Crippen LogP contribution in [0.2, 0.25) is 5.02 Å². The zero-order valence-electron chi connectivity index (χ0n) is 11.5. The van der Waals surface area contributed by atoms with Crippen molar-refractivity contribution in [1.82, 2.24) is 4.90 Å². The Kier molecular flexibility index (Phi) is 5.39. The molecule has 0 amide bonds. The second-order valence-electron chi connectivity index (χ2n) is 4.92. The van der Waals surface area contributed by atoms with Crippen molar-refractivity contribution in [2.45, 2.75) is 13.1 Å². The molecule has 0 spiro atoms. The lowest BCUT2D eigenvalue weighted by Gasteiger charge is -2.17. The molecule has 0 saturated carbocycles. The van der Waals surface area contributed by atoms with Crippen molar-refractivity contribution in [2.24, 2.45) is 0 Å². The third-order valence-electron chi connectivity index (χ3n) is 3.09. The molecule has 0 fully saturated rings. The first kappa shape index (κ1) is 16.0. The van der Waals surface area contributed by atoms with Crippen LogP contribution in [0, 0.1) is 0 Å². The fourth-order valence-corrected chi connectivity index (χ4v) is 2.61. The van der Waals surface area contributed by atoms with Gasteiger partial charge in [-0.3, -0.25) is 4.90 Å². The highest BCUT2D eigenvalue weighted by molar-refractivity contribution is 9.10. The molecule has 1 N–H and O–H groups in total. The molecule has 0 atom stereocenters. The minimum Gasteiger partial charge on any atom is -0.478 e. The van der Waals surface area contributed by atoms with Crippen LogP contribution in [-0.2, 0) is 13.1 Å². The maximum absolute atomic E-state index is 10.8. The van der Waals surface area contributed by atoms with E-state index in [1.807, 2.05) is 37.4 Å². The first-order valence-corrected chi connectivity index (χ1v) is 7.57. The maximum atomic E-state index is 10.8. The van der Waals surface area contributed by atoms with Gasteiger partial charge in [-0.15, -0.1) is 0 Å². The lowest BCUT2D eigenvalue weighted by atomic mass is 10.1. The molecule has 0 aliphatic heterocycles. The average molecular weight is 369 g/mol. The summed E-state index contributed by atoms with van der Waals surface area (Å²) in [4.78, 5) is 13.0. The van der Waals surface area contributed by atoms with E-state index < -0.39 is 5.97 Å². The van der Waals surface area contributed by atoms with Crippen molar-refractivity contribution in [3.63, 3.8) is 0 Å². The first-order valence-electron chi connectivity index (χ1n) is 6.40. The van der Waals surface area contributed by atoms with Gasteiger partial charge >= 0.3 is 5.97 Å². The zero-order chi connectivity index (χ0) is 15.4. The van der Waals surface area contributed by atoms with E-state index in [1.165, 1.54) is 0 Å². The second kappa shape index (κ2) is 7.07. The highest BCUT2D eigenvalue weighted by Crippen LogP contribution is 2.23. The Bertz CT molecular complexity index is 643. The van der Waals surface area contributed by atoms with E-state index in [2.05, 4.69) is 20.8 Å². The van der Waals surface area contributed by atoms with E-state index >= 15 is 0 Å². The Balaban J connectivity index is 1.99. The molecule has 3 nitrogen and oxygen atoms in total. The number of aromatic carboxylic acids is 1. The molecule has 110 valence electrons. The molecule has 0 aromatic heterocycles. The van der Waals surface area contributed by atoms with Crippen LogP contribution in [0.3, 0.4) is 0 Å². The molecule has 0 radical (unpaired) electrons. The molecule has 0 unspecified atom stereocenters. The third kappa shape index (κ3) is 4.56. The Morgan fingerprint density at radius 2 is 1.71 bits per heavy atom. The fourth-order valence-electron chi connectivity index (χ4n) is 2.07. The van der Waals surface area contributed by atoms with Gasteiger partial charge in [0.15, 0.2) is 0 Å². The van der Waals surface area contributed by atoms with Crippen molar-refractivity contribution < 1.29 is 9.90 Å². The van der Waals surface area contributed by atoms with Gasteiger partial charge in [-0.05, 0) is 58.4 Å². The van der Waals surface area contributed by atoms with Crippen LogP contribution in [0.25, 0.3) is 0 Å². The Morgan fingerprint density at radius 3 is 2.29 bits per heavy atom. The summed E-state index contributed by atoms with van der Waals surface area (Å²) in [5.74, 6) is -0.902. The van der Waals surface area contributed by atoms with Crippen LogP contribution >= 0.6 is 27.5 Å². The number of benzene rings is 2. The van der Waals surface area contributed by atoms with Crippen LogP contribution in [0.1, 0.15) is 21.5 Å². The van der Waals surface area contributed by atoms with Crippen LogP contribution in [0.5, 0.6) is 0 Å². The highest BCUT2D eigenvalue weighted by atomic mass is 79.9. The van der Waals surface area contributed by atoms with Gasteiger partial charge in [0.1, 0.15) is 0 Å². The fraction of sp³-hybridized carbons (Fsp3) is 0.188. The Labute approximate surface area is 137 Å². The van der Waals surface area contributed by atoms with Crippen molar-refractivity contribution >= 4 is 33.5 Å². The lowest BCUT2D eigenvalue weighted by Crippen LogP contribution is -2.17. The van der Waals surface area contributed by atoms with Crippen LogP contribution in [-0.4, -0.2) is 23.0 Å². The normalized spacial score (nSPS) is 10.9. The van der Waals surface area contributed by atoms with Gasteiger partial charge in [-0.1, -0.05) is 29.8 Å². The van der Waals surface area contributed by atoms with E-state index in [4.69, 9.17) is 16.7 Å². The number of carbonyl (C=O) groups is 1. The van der Waals surface area contributed by atoms with Crippen molar-refractivity contribution in [1.29, 1.82) is 0 Å². The minimum atomic E-state index is -0.902. The number of hydrogen-bond donors (Lipinski definition) is 1. The van der Waals surface area contributed by atoms with Crippen LogP contribution in [0.4, 0.5) is 0 Å². The molecule has 0 saturated heterocycles. The molecule has 0 heterocycles. The molecule has 0 bridgehead atoms. The van der Waals surface area contributed by atoms with E-state index in [0.29, 0.717) is 10.6 Å². The monoisotopic (exact) mass is 367 g/mol. The summed E-state index contributed by atoms with van der Waals surface area (Å²) in [6.07, 6.45) is 0. The zero-order valence-corrected chi connectivity index (χ0v) is 13.9. The Hall–Kier alpha value is -1.36. The summed E-state index contributed by atoms with van der Waals surface area (Å²) < 4.78 is 0.890. The number of carboxylic acids is 1. The maximum Gasteiger partial charge on any atom is 0.335 e. The molecule has 2 rings (SSSR count). The average Bonchev–Trinajstić information content (AvgIpc) is 2.43. The smallest absolute Gasteiger partial charge is 0.335 e. The van der Waals surface area contributed by atoms with E-state index in [0.717, 1.165) is 28.7 Å². The molecule has 5 heteroatoms. The van der Waals surface area contributed by atoms with Gasteiger partial charge in [0.25, 0.3) is 0 Å². The van der Waals surface area contributed by atoms with Crippen LogP contribution in [0.15, 0.2) is 46.9 Å². The number of rotatable bonds is 5. The van der Waals surface area contributed by atoms with Crippen molar-refractivity contribution in [3.05, 3.63) is 68.7 Å². The van der Waals surface area contributed by atoms with Crippen molar-refractivity contribution in [3.8, 4) is 0 Å². The summed E-state index contributed by atoms with van der Waals surface area (Å²) in [5.41, 5.74) is 2.55. The molecular formula is C16H15BrClNO2. The number of carboxylic acid groups (broad SMARTS) is 1. The molecule has 0 aliphatic carbocycles. The summed E-state index contributed by atoms with van der Waals surface area (Å²) in [7, 11) is 2.02. The number of hydrogen-bond acceptors (Lipinski definition) is 2. The standard InChI is InChI=1S/C16H15BrClNO2/c1-19(10-12-4-7-15(18)14(17)8-12)9-11-2-5-13(6-3-11)16(20)21/h2-8H,9-10H2,1H3,(H,20,21). The van der Waals surface area contributed by atoms with Gasteiger partial charge in [-0.2, -0.15) is 0 Å². The predicted molar refractivity (Wildman–Crippen MR) is 87.7 cm³/mol. The van der Waals surface area contributed by atoms with E-state index in [1.54, 1.807) is 12.1 Å². The van der Waals surface area contributed by atoms with Crippen molar-refractivity contribution in [2.75, 3.05) is 7.05 Å². The Morgan fingerprint density at radius 1 is 1.14 bits per heavy atom. The quantitative estimate of drug-likeness (QED) is 0.848. The third-order valence-corrected chi connectivity index (χ3v) is 4.30. The second-order valence-corrected chi connectivity index (χ2v) is 6.18. The predicted octanol–water partition coefficient (Wildman–Crippen LogP) is 4.43. The summed E-state index contributed by atoms with van der Waals surface area (Å²) >= 11 is 9.40. The van der Waals surface area contributed by atoms with Gasteiger partial charge in [0.05, 0.1) is 10.6 Å². The SMILES string of the molecule is CN(Cc1ccc(C(=O)O)cc1)Cc1ccc(Cl)c(Br)c1. The highest BCUT2D eigenvalue weighted by Gasteiger charge is 2.06. The van der Waals surface area contributed by atoms with Crippen LogP contribution < -0.4 is 0 Å². The van der Waals surface area contributed by atoms with Gasteiger partial charge in [0, 0.05) is 17.6 Å². The largest absolute Gasteiger partial charge is 0.478 e. The molecule has 0 aliphatic rings. The van der Waals surface area contributed by atoms with Gasteiger partial charge < -0.3 is 5.11 Å². The van der Waals surface area contributed by atoms with Gasteiger partial charge in [0.2, 0.25) is 0 Å². The topological polar surface area (TPSA) is 40.5 Å². The summed E-state index contributed by atoms with van der Waals surface area (Å²) in [5, 5.41) is 9.57. The molecule has 2 aromatic rings. The molecule has 2 aromatic carbocycles. The molecular weight excluding hydrogens is 354 g/mol. The van der Waals surface area contributed by atoms with E-state index in [-0.39, 0.29) is 0 Å². The first-order chi connectivity index (χ1) is 9.95. The van der Waals surface area contributed by atoms with Gasteiger partial charge in [-0.25, -0.2) is 4.79 Å². The number of nitrogens with zero attached hydrogens (tertiary/aromatic N) is 1. The number of halogens is 2. The summed E-state index contributed by atoms with van der Waals surface area (Å²) in [6.45, 7) is 1.54. The lowest BCUT2D eigenvalue weighted by molar-refractivity contribution is 0.0697.